The SMILES string of the molecule is COCn1c(Br)nc([N+](=O)[O-])c1Br.COCn1cc([N+](=O)[O-])nc1Br. The third-order valence-electron chi connectivity index (χ3n) is 2.44. The first-order valence-corrected chi connectivity index (χ1v) is 8.51. The number of halogens is 3. The minimum atomic E-state index is -0.568. The first-order chi connectivity index (χ1) is 11.7. The second-order valence-corrected chi connectivity index (χ2v) is 6.28. The van der Waals surface area contributed by atoms with Crippen molar-refractivity contribution < 1.29 is 19.3 Å². The maximum atomic E-state index is 10.4. The van der Waals surface area contributed by atoms with Crippen LogP contribution in [0.1, 0.15) is 0 Å². The summed E-state index contributed by atoms with van der Waals surface area (Å²) in [6.07, 6.45) is 1.30. The van der Waals surface area contributed by atoms with E-state index in [1.165, 1.54) is 29.6 Å². The molecular formula is C10H11Br3N6O6. The van der Waals surface area contributed by atoms with Gasteiger partial charge in [-0.15, -0.1) is 0 Å². The van der Waals surface area contributed by atoms with Gasteiger partial charge in [-0.3, -0.25) is 9.13 Å². The Bertz CT molecular complexity index is 763. The second-order valence-electron chi connectivity index (χ2n) is 4.11. The van der Waals surface area contributed by atoms with Crippen molar-refractivity contribution in [3.63, 3.8) is 0 Å². The molecule has 25 heavy (non-hydrogen) atoms. The topological polar surface area (TPSA) is 140 Å². The van der Waals surface area contributed by atoms with E-state index in [1.807, 2.05) is 0 Å². The van der Waals surface area contributed by atoms with Crippen LogP contribution in [0.15, 0.2) is 20.3 Å². The van der Waals surface area contributed by atoms with Gasteiger partial charge in [0.15, 0.2) is 4.60 Å². The van der Waals surface area contributed by atoms with E-state index in [0.29, 0.717) is 9.47 Å². The molecule has 15 heteroatoms. The molecule has 2 aromatic rings. The minimum Gasteiger partial charge on any atom is -0.364 e. The molecule has 138 valence electrons. The zero-order chi connectivity index (χ0) is 19.1. The summed E-state index contributed by atoms with van der Waals surface area (Å²) in [4.78, 5) is 26.9. The Balaban J connectivity index is 0.000000251. The van der Waals surface area contributed by atoms with Crippen LogP contribution in [-0.2, 0) is 22.9 Å². The molecule has 0 aliphatic carbocycles. The van der Waals surface area contributed by atoms with Gasteiger partial charge in [0, 0.05) is 46.1 Å². The van der Waals surface area contributed by atoms with E-state index in [9.17, 15) is 20.2 Å². The maximum absolute atomic E-state index is 10.4. The molecule has 0 saturated heterocycles. The Kier molecular flexibility index (Phi) is 8.57. The molecule has 2 aromatic heterocycles. The maximum Gasteiger partial charge on any atom is 0.397 e. The molecule has 0 unspecified atom stereocenters. The van der Waals surface area contributed by atoms with E-state index >= 15 is 0 Å². The minimum absolute atomic E-state index is 0.195. The van der Waals surface area contributed by atoms with E-state index < -0.39 is 9.85 Å². The summed E-state index contributed by atoms with van der Waals surface area (Å²) in [5, 5.41) is 20.7. The van der Waals surface area contributed by atoms with Crippen LogP contribution >= 0.6 is 47.8 Å². The Morgan fingerprint density at radius 2 is 1.64 bits per heavy atom. The zero-order valence-electron chi connectivity index (χ0n) is 12.8. The van der Waals surface area contributed by atoms with Crippen molar-refractivity contribution in [2.45, 2.75) is 13.5 Å². The van der Waals surface area contributed by atoms with Gasteiger partial charge in [0.2, 0.25) is 0 Å². The van der Waals surface area contributed by atoms with Crippen molar-refractivity contribution in [1.82, 2.24) is 19.1 Å². The van der Waals surface area contributed by atoms with Crippen LogP contribution < -0.4 is 0 Å². The third kappa shape index (κ3) is 5.81. The summed E-state index contributed by atoms with van der Waals surface area (Å²) in [6, 6.07) is 0. The highest BCUT2D eigenvalue weighted by Crippen LogP contribution is 2.28. The quantitative estimate of drug-likeness (QED) is 0.395. The van der Waals surface area contributed by atoms with Gasteiger partial charge in [-0.25, -0.2) is 0 Å². The lowest BCUT2D eigenvalue weighted by Crippen LogP contribution is -2.00. The van der Waals surface area contributed by atoms with Crippen molar-refractivity contribution in [3.05, 3.63) is 40.5 Å². The monoisotopic (exact) mass is 548 g/mol. The summed E-state index contributed by atoms with van der Waals surface area (Å²) in [5.41, 5.74) is 0. The summed E-state index contributed by atoms with van der Waals surface area (Å²) in [6.45, 7) is 0.434. The highest BCUT2D eigenvalue weighted by Gasteiger charge is 2.23. The average Bonchev–Trinajstić information content (AvgIpc) is 3.04. The van der Waals surface area contributed by atoms with Crippen LogP contribution in [0.25, 0.3) is 0 Å². The highest BCUT2D eigenvalue weighted by atomic mass is 79.9. The summed E-state index contributed by atoms with van der Waals surface area (Å²) >= 11 is 9.18. The molecule has 0 aliphatic rings. The van der Waals surface area contributed by atoms with Crippen molar-refractivity contribution in [1.29, 1.82) is 0 Å². The number of nitrogens with zero attached hydrogens (tertiary/aromatic N) is 6. The number of imidazole rings is 2. The predicted molar refractivity (Wildman–Crippen MR) is 94.9 cm³/mol. The second kappa shape index (κ2) is 9.91. The first kappa shape index (κ1) is 21.6. The molecule has 0 N–H and O–H groups in total. The molecule has 0 aliphatic heterocycles. The number of hydrogen-bond donors (Lipinski definition) is 0. The van der Waals surface area contributed by atoms with Crippen LogP contribution in [0.4, 0.5) is 11.6 Å². The van der Waals surface area contributed by atoms with Crippen LogP contribution in [0.5, 0.6) is 0 Å². The first-order valence-electron chi connectivity index (χ1n) is 6.13. The Morgan fingerprint density at radius 1 is 1.04 bits per heavy atom. The standard InChI is InChI=1S/C5H5Br2N3O3.C5H6BrN3O3/c1-13-2-9-3(6)4(10(11)12)8-5(9)7;1-12-3-8-2-4(9(10)11)7-5(8)6/h2H2,1H3;2H,3H2,1H3. The van der Waals surface area contributed by atoms with Gasteiger partial charge in [-0.2, -0.15) is 0 Å². The molecule has 12 nitrogen and oxygen atoms in total. The smallest absolute Gasteiger partial charge is 0.364 e. The Labute approximate surface area is 165 Å². The molecular weight excluding hydrogens is 540 g/mol. The van der Waals surface area contributed by atoms with Crippen LogP contribution in [-0.4, -0.2) is 43.2 Å². The van der Waals surface area contributed by atoms with Gasteiger partial charge in [0.1, 0.15) is 19.7 Å². The van der Waals surface area contributed by atoms with Crippen molar-refractivity contribution in [2.24, 2.45) is 0 Å². The Morgan fingerprint density at radius 3 is 2.04 bits per heavy atom. The lowest BCUT2D eigenvalue weighted by Gasteiger charge is -1.99. The number of aromatic nitrogens is 4. The lowest BCUT2D eigenvalue weighted by molar-refractivity contribution is -0.390. The molecule has 0 spiro atoms. The predicted octanol–water partition coefficient (Wildman–Crippen LogP) is 3.08. The van der Waals surface area contributed by atoms with E-state index in [0.717, 1.165) is 0 Å². The fourth-order valence-electron chi connectivity index (χ4n) is 1.45. The summed E-state index contributed by atoms with van der Waals surface area (Å²) in [7, 11) is 2.99. The van der Waals surface area contributed by atoms with Gasteiger partial charge in [0.05, 0.1) is 0 Å². The Hall–Kier alpha value is -1.42. The number of methoxy groups -OCH3 is 2. The number of rotatable bonds is 6. The molecule has 2 rings (SSSR count). The summed E-state index contributed by atoms with van der Waals surface area (Å²) in [5.74, 6) is -0.428. The van der Waals surface area contributed by atoms with Gasteiger partial charge in [-0.05, 0) is 35.7 Å². The van der Waals surface area contributed by atoms with Gasteiger partial charge in [-0.1, -0.05) is 0 Å². The van der Waals surface area contributed by atoms with E-state index in [1.54, 1.807) is 0 Å². The zero-order valence-corrected chi connectivity index (χ0v) is 17.5. The molecule has 0 bridgehead atoms. The normalized spacial score (nSPS) is 10.3. The molecule has 0 atom stereocenters. The van der Waals surface area contributed by atoms with Crippen molar-refractivity contribution in [2.75, 3.05) is 14.2 Å². The van der Waals surface area contributed by atoms with E-state index in [-0.39, 0.29) is 29.7 Å². The van der Waals surface area contributed by atoms with Crippen LogP contribution in [0, 0.1) is 20.2 Å². The lowest BCUT2D eigenvalue weighted by atomic mass is 10.8. The van der Waals surface area contributed by atoms with E-state index in [2.05, 4.69) is 57.8 Å². The fourth-order valence-corrected chi connectivity index (χ4v) is 3.02. The molecule has 0 saturated carbocycles. The number of nitro groups is 2. The van der Waals surface area contributed by atoms with Gasteiger partial charge >= 0.3 is 11.6 Å². The van der Waals surface area contributed by atoms with Gasteiger partial charge < -0.3 is 29.7 Å². The number of ether oxygens (including phenoxy) is 2. The van der Waals surface area contributed by atoms with E-state index in [4.69, 9.17) is 9.47 Å². The van der Waals surface area contributed by atoms with Gasteiger partial charge in [0.25, 0.3) is 9.47 Å². The van der Waals surface area contributed by atoms with Crippen LogP contribution in [0.2, 0.25) is 0 Å². The third-order valence-corrected chi connectivity index (χ3v) is 4.46. The molecule has 0 fully saturated rings. The fraction of sp³-hybridized carbons (Fsp3) is 0.400. The molecule has 0 amide bonds. The summed E-state index contributed by atoms with van der Waals surface area (Å²) < 4.78 is 13.6. The molecule has 0 aromatic carbocycles. The highest BCUT2D eigenvalue weighted by molar-refractivity contribution is 9.11. The van der Waals surface area contributed by atoms with Crippen molar-refractivity contribution in [3.8, 4) is 0 Å². The van der Waals surface area contributed by atoms with Crippen LogP contribution in [0.3, 0.4) is 0 Å². The molecule has 2 heterocycles. The molecule has 0 radical (unpaired) electrons. The largest absolute Gasteiger partial charge is 0.397 e. The van der Waals surface area contributed by atoms with Crippen molar-refractivity contribution >= 4 is 59.4 Å². The average molecular weight is 551 g/mol. The number of hydrogen-bond acceptors (Lipinski definition) is 8.